The van der Waals surface area contributed by atoms with E-state index >= 15 is 0 Å². The topological polar surface area (TPSA) is 75.8 Å². The summed E-state index contributed by atoms with van der Waals surface area (Å²) in [6.07, 6.45) is 0.462. The molecule has 0 saturated carbocycles. The Kier molecular flexibility index (Phi) is 7.89. The van der Waals surface area contributed by atoms with Gasteiger partial charge < -0.3 is 20.5 Å². The number of nitrogens with two attached hydrogens (primary N) is 1. The van der Waals surface area contributed by atoms with Crippen molar-refractivity contribution in [1.82, 2.24) is 4.90 Å². The van der Waals surface area contributed by atoms with Gasteiger partial charge in [0.05, 0.1) is 24.1 Å². The Bertz CT molecular complexity index is 453. The molecule has 0 aliphatic rings. The van der Waals surface area contributed by atoms with Gasteiger partial charge in [-0.1, -0.05) is 42.5 Å². The smallest absolute Gasteiger partial charge is 0.233 e. The number of thiocarbonyl (C=S) groups is 1. The Morgan fingerprint density at radius 3 is 2.57 bits per heavy atom. The molecule has 1 atom stereocenters. The fraction of sp³-hybridized carbons (Fsp3) is 0.467. The molecule has 0 aliphatic carbocycles. The van der Waals surface area contributed by atoms with Crippen molar-refractivity contribution in [2.24, 2.45) is 11.7 Å². The number of hydrogen-bond acceptors (Lipinski definition) is 4. The van der Waals surface area contributed by atoms with E-state index in [2.05, 4.69) is 0 Å². The van der Waals surface area contributed by atoms with Gasteiger partial charge in [-0.25, -0.2) is 0 Å². The highest BCUT2D eigenvalue weighted by atomic mass is 32.1. The lowest BCUT2D eigenvalue weighted by atomic mass is 9.97. The summed E-state index contributed by atoms with van der Waals surface area (Å²) in [5, 5.41) is 9.10. The number of rotatable bonds is 9. The Morgan fingerprint density at radius 2 is 2.05 bits per heavy atom. The maximum atomic E-state index is 12.6. The van der Waals surface area contributed by atoms with Crippen LogP contribution in [0.5, 0.6) is 0 Å². The van der Waals surface area contributed by atoms with E-state index < -0.39 is 5.92 Å². The maximum Gasteiger partial charge on any atom is 0.233 e. The molecule has 1 aromatic rings. The molecule has 21 heavy (non-hydrogen) atoms. The molecular weight excluding hydrogens is 288 g/mol. The van der Waals surface area contributed by atoms with Crippen LogP contribution in [0.15, 0.2) is 30.3 Å². The van der Waals surface area contributed by atoms with Crippen LogP contribution in [0.25, 0.3) is 0 Å². The van der Waals surface area contributed by atoms with E-state index in [1.165, 1.54) is 4.90 Å². The summed E-state index contributed by atoms with van der Waals surface area (Å²) in [5.41, 5.74) is 6.74. The molecule has 6 heteroatoms. The van der Waals surface area contributed by atoms with Crippen LogP contribution in [0.4, 0.5) is 0 Å². The van der Waals surface area contributed by atoms with Gasteiger partial charge in [0.15, 0.2) is 0 Å². The third kappa shape index (κ3) is 5.79. The minimum absolute atomic E-state index is 0.106. The highest BCUT2D eigenvalue weighted by Gasteiger charge is 2.26. The molecule has 1 rings (SSSR count). The number of nitrogens with zero attached hydrogens (tertiary/aromatic N) is 1. The Balaban J connectivity index is 2.81. The third-order valence-electron chi connectivity index (χ3n) is 3.17. The number of benzene rings is 1. The molecular formula is C15H22N2O3S. The van der Waals surface area contributed by atoms with Crippen LogP contribution >= 0.6 is 12.2 Å². The van der Waals surface area contributed by atoms with Gasteiger partial charge in [-0.2, -0.15) is 0 Å². The van der Waals surface area contributed by atoms with Crippen LogP contribution in [0, 0.1) is 5.92 Å². The second-order valence-electron chi connectivity index (χ2n) is 4.69. The number of carbonyl (C=O) groups is 1. The maximum absolute atomic E-state index is 12.6. The van der Waals surface area contributed by atoms with Crippen molar-refractivity contribution in [2.45, 2.75) is 6.42 Å². The molecule has 1 amide bonds. The first kappa shape index (κ1) is 17.6. The summed E-state index contributed by atoms with van der Waals surface area (Å²) >= 11 is 5.04. The lowest BCUT2D eigenvalue weighted by Crippen LogP contribution is -2.44. The molecule has 116 valence electrons. The molecule has 0 saturated heterocycles. The van der Waals surface area contributed by atoms with Gasteiger partial charge in [-0.05, 0) is 12.0 Å². The summed E-state index contributed by atoms with van der Waals surface area (Å²) < 4.78 is 4.99. The number of ether oxygens (including phenoxy) is 1. The van der Waals surface area contributed by atoms with E-state index in [0.717, 1.165) is 5.56 Å². The van der Waals surface area contributed by atoms with E-state index in [1.807, 2.05) is 30.3 Å². The summed E-state index contributed by atoms with van der Waals surface area (Å²) in [6.45, 7) is 0.950. The molecule has 0 aliphatic heterocycles. The van der Waals surface area contributed by atoms with Crippen molar-refractivity contribution in [1.29, 1.82) is 0 Å². The number of hydrogen-bond donors (Lipinski definition) is 2. The summed E-state index contributed by atoms with van der Waals surface area (Å²) in [5.74, 6) is -0.733. The van der Waals surface area contributed by atoms with Crippen LogP contribution in [-0.4, -0.2) is 54.3 Å². The van der Waals surface area contributed by atoms with Crippen LogP contribution in [0.1, 0.15) is 5.56 Å². The van der Waals surface area contributed by atoms with Crippen LogP contribution in [0.2, 0.25) is 0 Å². The lowest BCUT2D eigenvalue weighted by molar-refractivity contribution is -0.134. The van der Waals surface area contributed by atoms with Crippen LogP contribution in [0.3, 0.4) is 0 Å². The first-order chi connectivity index (χ1) is 10.1. The predicted molar refractivity (Wildman–Crippen MR) is 86.0 cm³/mol. The van der Waals surface area contributed by atoms with Gasteiger partial charge in [0, 0.05) is 20.2 Å². The van der Waals surface area contributed by atoms with Crippen molar-refractivity contribution in [3.63, 3.8) is 0 Å². The zero-order valence-electron chi connectivity index (χ0n) is 12.2. The highest BCUT2D eigenvalue weighted by molar-refractivity contribution is 7.80. The SMILES string of the molecule is COCCN(CCO)C(=O)C(Cc1ccccc1)C(N)=S. The van der Waals surface area contributed by atoms with Crippen LogP contribution < -0.4 is 5.73 Å². The molecule has 1 aromatic carbocycles. The van der Waals surface area contributed by atoms with Gasteiger partial charge in [0.1, 0.15) is 0 Å². The molecule has 5 nitrogen and oxygen atoms in total. The average Bonchev–Trinajstić information content (AvgIpc) is 2.49. The van der Waals surface area contributed by atoms with Gasteiger partial charge in [0.2, 0.25) is 5.91 Å². The normalized spacial score (nSPS) is 11.9. The van der Waals surface area contributed by atoms with Crippen molar-refractivity contribution in [3.8, 4) is 0 Å². The Hall–Kier alpha value is -1.50. The van der Waals surface area contributed by atoms with Gasteiger partial charge in [0.25, 0.3) is 0 Å². The van der Waals surface area contributed by atoms with E-state index in [9.17, 15) is 4.79 Å². The van der Waals surface area contributed by atoms with Crippen molar-refractivity contribution >= 4 is 23.1 Å². The molecule has 0 bridgehead atoms. The van der Waals surface area contributed by atoms with Gasteiger partial charge >= 0.3 is 0 Å². The summed E-state index contributed by atoms with van der Waals surface area (Å²) in [7, 11) is 1.57. The van der Waals surface area contributed by atoms with E-state index in [-0.39, 0.29) is 24.0 Å². The second kappa shape index (κ2) is 9.44. The third-order valence-corrected chi connectivity index (χ3v) is 3.46. The molecule has 3 N–H and O–H groups in total. The lowest BCUT2D eigenvalue weighted by Gasteiger charge is -2.26. The quantitative estimate of drug-likeness (QED) is 0.653. The predicted octanol–water partition coefficient (Wildman–Crippen LogP) is 0.599. The zero-order chi connectivity index (χ0) is 15.7. The Morgan fingerprint density at radius 1 is 1.38 bits per heavy atom. The number of aliphatic hydroxyl groups is 1. The Labute approximate surface area is 130 Å². The number of carbonyl (C=O) groups excluding carboxylic acids is 1. The molecule has 0 spiro atoms. The van der Waals surface area contributed by atoms with E-state index in [4.69, 9.17) is 27.8 Å². The van der Waals surface area contributed by atoms with Gasteiger partial charge in [-0.3, -0.25) is 4.79 Å². The first-order valence-electron chi connectivity index (χ1n) is 6.82. The molecule has 0 aromatic heterocycles. The molecule has 0 radical (unpaired) electrons. The monoisotopic (exact) mass is 310 g/mol. The molecule has 0 heterocycles. The summed E-state index contributed by atoms with van der Waals surface area (Å²) in [6, 6.07) is 9.60. The fourth-order valence-corrected chi connectivity index (χ4v) is 2.22. The largest absolute Gasteiger partial charge is 0.395 e. The van der Waals surface area contributed by atoms with E-state index in [0.29, 0.717) is 19.6 Å². The second-order valence-corrected chi connectivity index (χ2v) is 5.16. The van der Waals surface area contributed by atoms with E-state index in [1.54, 1.807) is 7.11 Å². The number of amides is 1. The minimum atomic E-state index is -0.564. The first-order valence-corrected chi connectivity index (χ1v) is 7.22. The van der Waals surface area contributed by atoms with Gasteiger partial charge in [-0.15, -0.1) is 0 Å². The van der Waals surface area contributed by atoms with Crippen molar-refractivity contribution in [3.05, 3.63) is 35.9 Å². The molecule has 0 fully saturated rings. The minimum Gasteiger partial charge on any atom is -0.395 e. The molecule has 1 unspecified atom stereocenters. The standard InChI is InChI=1S/C15H22N2O3S/c1-20-10-8-17(7-9-18)15(19)13(14(16)21)11-12-5-3-2-4-6-12/h2-6,13,18H,7-11H2,1H3,(H2,16,21). The number of methoxy groups -OCH3 is 1. The average molecular weight is 310 g/mol. The number of aliphatic hydroxyl groups excluding tert-OH is 1. The van der Waals surface area contributed by atoms with Crippen molar-refractivity contribution in [2.75, 3.05) is 33.4 Å². The zero-order valence-corrected chi connectivity index (χ0v) is 13.0. The summed E-state index contributed by atoms with van der Waals surface area (Å²) in [4.78, 5) is 14.3. The highest BCUT2D eigenvalue weighted by Crippen LogP contribution is 2.13. The van der Waals surface area contributed by atoms with Crippen LogP contribution in [-0.2, 0) is 16.0 Å². The van der Waals surface area contributed by atoms with Crippen molar-refractivity contribution < 1.29 is 14.6 Å². The fourth-order valence-electron chi connectivity index (χ4n) is 2.03.